The van der Waals surface area contributed by atoms with Crippen LogP contribution >= 0.6 is 0 Å². The summed E-state index contributed by atoms with van der Waals surface area (Å²) >= 11 is 0. The van der Waals surface area contributed by atoms with Gasteiger partial charge in [-0.3, -0.25) is 9.59 Å². The number of hydrogen-bond donors (Lipinski definition) is 2. The van der Waals surface area contributed by atoms with Gasteiger partial charge in [0.25, 0.3) is 11.8 Å². The summed E-state index contributed by atoms with van der Waals surface area (Å²) in [6.07, 6.45) is 1.68. The van der Waals surface area contributed by atoms with E-state index >= 15 is 0 Å². The Hall–Kier alpha value is -4.58. The molecule has 0 aliphatic carbocycles. The quantitative estimate of drug-likeness (QED) is 0.329. The van der Waals surface area contributed by atoms with Crippen molar-refractivity contribution < 1.29 is 19.1 Å². The second-order valence-electron chi connectivity index (χ2n) is 7.69. The van der Waals surface area contributed by atoms with Gasteiger partial charge < -0.3 is 20.1 Å². The molecule has 0 unspecified atom stereocenters. The van der Waals surface area contributed by atoms with Crippen LogP contribution in [-0.2, 0) is 4.79 Å². The molecule has 0 fully saturated rings. The SMILES string of the molecule is CCOc1ccc(/C=C(/NC(=O)c2ccccc2)C(=O)Nc2ccc(OC)cc2)c2ccccc12. The molecule has 0 aromatic heterocycles. The number of anilines is 1. The van der Waals surface area contributed by atoms with E-state index in [9.17, 15) is 9.59 Å². The minimum absolute atomic E-state index is 0.115. The summed E-state index contributed by atoms with van der Waals surface area (Å²) in [5.41, 5.74) is 1.92. The maximum absolute atomic E-state index is 13.3. The largest absolute Gasteiger partial charge is 0.497 e. The van der Waals surface area contributed by atoms with Gasteiger partial charge in [-0.05, 0) is 66.4 Å². The van der Waals surface area contributed by atoms with Crippen LogP contribution < -0.4 is 20.1 Å². The molecule has 0 saturated heterocycles. The lowest BCUT2D eigenvalue weighted by Gasteiger charge is -2.13. The lowest BCUT2D eigenvalue weighted by Crippen LogP contribution is -2.30. The number of nitrogens with one attached hydrogen (secondary N) is 2. The van der Waals surface area contributed by atoms with Gasteiger partial charge in [0.1, 0.15) is 17.2 Å². The van der Waals surface area contributed by atoms with Gasteiger partial charge in [-0.1, -0.05) is 48.5 Å². The second kappa shape index (κ2) is 11.0. The third-order valence-corrected chi connectivity index (χ3v) is 5.39. The van der Waals surface area contributed by atoms with Crippen LogP contribution in [0.3, 0.4) is 0 Å². The van der Waals surface area contributed by atoms with E-state index in [1.165, 1.54) is 0 Å². The van der Waals surface area contributed by atoms with E-state index in [0.717, 1.165) is 22.1 Å². The minimum Gasteiger partial charge on any atom is -0.497 e. The molecule has 0 bridgehead atoms. The molecule has 0 saturated carbocycles. The zero-order chi connectivity index (χ0) is 24.6. The number of amides is 2. The second-order valence-corrected chi connectivity index (χ2v) is 7.69. The Morgan fingerprint density at radius 3 is 2.20 bits per heavy atom. The van der Waals surface area contributed by atoms with E-state index in [4.69, 9.17) is 9.47 Å². The van der Waals surface area contributed by atoms with Crippen molar-refractivity contribution in [2.75, 3.05) is 19.0 Å². The Morgan fingerprint density at radius 2 is 1.51 bits per heavy atom. The number of ether oxygens (including phenoxy) is 2. The van der Waals surface area contributed by atoms with E-state index in [2.05, 4.69) is 10.6 Å². The van der Waals surface area contributed by atoms with Crippen LogP contribution in [-0.4, -0.2) is 25.5 Å². The van der Waals surface area contributed by atoms with Gasteiger partial charge in [0.15, 0.2) is 0 Å². The number of benzene rings is 4. The molecule has 0 atom stereocenters. The van der Waals surface area contributed by atoms with Gasteiger partial charge >= 0.3 is 0 Å². The summed E-state index contributed by atoms with van der Waals surface area (Å²) in [7, 11) is 1.58. The first kappa shape index (κ1) is 23.6. The fourth-order valence-corrected chi connectivity index (χ4v) is 3.67. The number of fused-ring (bicyclic) bond motifs is 1. The van der Waals surface area contributed by atoms with E-state index < -0.39 is 5.91 Å². The molecule has 2 amide bonds. The molecule has 0 heterocycles. The average Bonchev–Trinajstić information content (AvgIpc) is 2.90. The van der Waals surface area contributed by atoms with Gasteiger partial charge in [-0.2, -0.15) is 0 Å². The zero-order valence-electron chi connectivity index (χ0n) is 19.6. The average molecular weight is 467 g/mol. The maximum atomic E-state index is 13.3. The Balaban J connectivity index is 1.72. The maximum Gasteiger partial charge on any atom is 0.272 e. The van der Waals surface area contributed by atoms with Crippen LogP contribution in [0.25, 0.3) is 16.8 Å². The fourth-order valence-electron chi connectivity index (χ4n) is 3.67. The Morgan fingerprint density at radius 1 is 0.829 bits per heavy atom. The number of carbonyl (C=O) groups excluding carboxylic acids is 2. The van der Waals surface area contributed by atoms with Crippen molar-refractivity contribution in [2.45, 2.75) is 6.92 Å². The molecule has 4 rings (SSSR count). The van der Waals surface area contributed by atoms with E-state index in [1.807, 2.05) is 49.4 Å². The lowest BCUT2D eigenvalue weighted by molar-refractivity contribution is -0.113. The van der Waals surface area contributed by atoms with Gasteiger partial charge in [0.2, 0.25) is 0 Å². The van der Waals surface area contributed by atoms with Gasteiger partial charge in [0, 0.05) is 16.6 Å². The number of carbonyl (C=O) groups is 2. The smallest absolute Gasteiger partial charge is 0.272 e. The Labute approximate surface area is 204 Å². The number of methoxy groups -OCH3 is 1. The summed E-state index contributed by atoms with van der Waals surface area (Å²) in [6.45, 7) is 2.48. The van der Waals surface area contributed by atoms with E-state index in [-0.39, 0.29) is 11.6 Å². The van der Waals surface area contributed by atoms with Crippen molar-refractivity contribution in [1.82, 2.24) is 5.32 Å². The molecule has 4 aromatic carbocycles. The summed E-state index contributed by atoms with van der Waals surface area (Å²) in [6, 6.07) is 27.3. The van der Waals surface area contributed by atoms with Crippen LogP contribution in [0.4, 0.5) is 5.69 Å². The predicted octanol–water partition coefficient (Wildman–Crippen LogP) is 5.66. The Bertz CT molecular complexity index is 1360. The molecule has 2 N–H and O–H groups in total. The number of rotatable bonds is 8. The monoisotopic (exact) mass is 466 g/mol. The highest BCUT2D eigenvalue weighted by Gasteiger charge is 2.16. The first-order valence-corrected chi connectivity index (χ1v) is 11.3. The minimum atomic E-state index is -0.447. The Kier molecular flexibility index (Phi) is 7.43. The molecule has 0 spiro atoms. The normalized spacial score (nSPS) is 11.1. The van der Waals surface area contributed by atoms with Crippen LogP contribution in [0.2, 0.25) is 0 Å². The molecule has 6 nitrogen and oxygen atoms in total. The highest BCUT2D eigenvalue weighted by atomic mass is 16.5. The van der Waals surface area contributed by atoms with Crippen LogP contribution in [0.1, 0.15) is 22.8 Å². The third-order valence-electron chi connectivity index (χ3n) is 5.39. The molecule has 35 heavy (non-hydrogen) atoms. The predicted molar refractivity (Wildman–Crippen MR) is 139 cm³/mol. The number of hydrogen-bond acceptors (Lipinski definition) is 4. The molecule has 4 aromatic rings. The van der Waals surface area contributed by atoms with Gasteiger partial charge in [-0.25, -0.2) is 0 Å². The fraction of sp³-hybridized carbons (Fsp3) is 0.103. The lowest BCUT2D eigenvalue weighted by atomic mass is 10.0. The van der Waals surface area contributed by atoms with Crippen molar-refractivity contribution >= 4 is 34.4 Å². The molecule has 176 valence electrons. The zero-order valence-corrected chi connectivity index (χ0v) is 19.6. The van der Waals surface area contributed by atoms with E-state index in [0.29, 0.717) is 23.6 Å². The molecule has 0 radical (unpaired) electrons. The third kappa shape index (κ3) is 5.68. The van der Waals surface area contributed by atoms with E-state index in [1.54, 1.807) is 61.7 Å². The molecule has 0 aliphatic rings. The summed E-state index contributed by atoms with van der Waals surface area (Å²) < 4.78 is 10.9. The molecular formula is C29H26N2O4. The van der Waals surface area contributed by atoms with Gasteiger partial charge in [0.05, 0.1) is 13.7 Å². The molecule has 0 aliphatic heterocycles. The van der Waals surface area contributed by atoms with Crippen molar-refractivity contribution in [1.29, 1.82) is 0 Å². The van der Waals surface area contributed by atoms with Gasteiger partial charge in [-0.15, -0.1) is 0 Å². The highest BCUT2D eigenvalue weighted by Crippen LogP contribution is 2.30. The van der Waals surface area contributed by atoms with Crippen LogP contribution in [0.5, 0.6) is 11.5 Å². The van der Waals surface area contributed by atoms with Crippen molar-refractivity contribution in [3.8, 4) is 11.5 Å². The first-order valence-electron chi connectivity index (χ1n) is 11.3. The van der Waals surface area contributed by atoms with Crippen molar-refractivity contribution in [2.24, 2.45) is 0 Å². The summed E-state index contributed by atoms with van der Waals surface area (Å²) in [4.78, 5) is 26.2. The first-order chi connectivity index (χ1) is 17.1. The molecular weight excluding hydrogens is 440 g/mol. The topological polar surface area (TPSA) is 76.7 Å². The standard InChI is InChI=1S/C29H26N2O4/c1-3-35-27-18-13-21(24-11-7-8-12-25(24)27)19-26(31-28(32)20-9-5-4-6-10-20)29(33)30-22-14-16-23(34-2)17-15-22/h4-19H,3H2,1-2H3,(H,30,33)(H,31,32)/b26-19+. The summed E-state index contributed by atoms with van der Waals surface area (Å²) in [5, 5.41) is 7.46. The molecule has 6 heteroatoms. The van der Waals surface area contributed by atoms with Crippen molar-refractivity contribution in [3.05, 3.63) is 108 Å². The van der Waals surface area contributed by atoms with Crippen molar-refractivity contribution in [3.63, 3.8) is 0 Å². The summed E-state index contributed by atoms with van der Waals surface area (Å²) in [5.74, 6) is 0.615. The van der Waals surface area contributed by atoms with Crippen LogP contribution in [0.15, 0.2) is 96.7 Å². The van der Waals surface area contributed by atoms with Crippen LogP contribution in [0, 0.1) is 0 Å². The highest BCUT2D eigenvalue weighted by molar-refractivity contribution is 6.11.